The molecule has 0 radical (unpaired) electrons. The number of hydrogen-bond donors (Lipinski definition) is 0. The van der Waals surface area contributed by atoms with Crippen LogP contribution in [0.4, 0.5) is 17.6 Å². The topological polar surface area (TPSA) is 44.8 Å². The van der Waals surface area contributed by atoms with Crippen molar-refractivity contribution >= 4 is 7.14 Å². The Morgan fingerprint density at radius 1 is 1.16 bits per heavy atom. The van der Waals surface area contributed by atoms with Gasteiger partial charge in [0.2, 0.25) is 0 Å². The van der Waals surface area contributed by atoms with Crippen molar-refractivity contribution in [2.45, 2.75) is 12.5 Å². The lowest BCUT2D eigenvalue weighted by molar-refractivity contribution is -0.316. The number of alkyl halides is 4. The van der Waals surface area contributed by atoms with Gasteiger partial charge >= 0.3 is 6.36 Å². The molecule has 0 aromatic carbocycles. The van der Waals surface area contributed by atoms with Crippen molar-refractivity contribution in [3.63, 3.8) is 0 Å². The maximum absolute atomic E-state index is 13.5. The largest absolute Gasteiger partial charge is 0.522 e. The van der Waals surface area contributed by atoms with Crippen LogP contribution < -0.4 is 0 Å². The summed E-state index contributed by atoms with van der Waals surface area (Å²) in [6, 6.07) is 0. The van der Waals surface area contributed by atoms with E-state index >= 15 is 0 Å². The first-order valence-electron chi connectivity index (χ1n) is 4.74. The van der Waals surface area contributed by atoms with Gasteiger partial charge in [0.05, 0.1) is 0 Å². The third kappa shape index (κ3) is 7.86. The predicted octanol–water partition coefficient (Wildman–Crippen LogP) is 2.35. The highest BCUT2D eigenvalue weighted by Crippen LogP contribution is 2.52. The van der Waals surface area contributed by atoms with Crippen LogP contribution in [0.1, 0.15) is 0 Å². The molecule has 108 valence electrons. The van der Waals surface area contributed by atoms with E-state index in [1.54, 1.807) is 0 Å². The quantitative estimate of drug-likeness (QED) is 0.299. The Balaban J connectivity index is 4.67. The summed E-state index contributed by atoms with van der Waals surface area (Å²) in [4.78, 5) is 0. The molecule has 0 aliphatic heterocycles. The number of rotatable bonds is 8. The molecule has 0 aliphatic rings. The Morgan fingerprint density at radius 2 is 1.74 bits per heavy atom. The molecule has 19 heavy (non-hydrogen) atoms. The van der Waals surface area contributed by atoms with Crippen molar-refractivity contribution in [3.05, 3.63) is 0 Å². The summed E-state index contributed by atoms with van der Waals surface area (Å²) in [6.45, 7) is -0.885. The Morgan fingerprint density at radius 3 is 2.21 bits per heavy atom. The first kappa shape index (κ1) is 17.9. The van der Waals surface area contributed by atoms with Crippen molar-refractivity contribution in [1.82, 2.24) is 0 Å². The van der Waals surface area contributed by atoms with Gasteiger partial charge in [-0.2, -0.15) is 0 Å². The molecule has 4 nitrogen and oxygen atoms in total. The summed E-state index contributed by atoms with van der Waals surface area (Å²) < 4.78 is 73.3. The Bertz CT molecular complexity index is 396. The molecule has 0 bridgehead atoms. The van der Waals surface area contributed by atoms with Crippen molar-refractivity contribution < 1.29 is 36.3 Å². The highest BCUT2D eigenvalue weighted by molar-refractivity contribution is 7.63. The molecule has 9 heteroatoms. The van der Waals surface area contributed by atoms with Gasteiger partial charge in [0.15, 0.2) is 7.14 Å². The molecule has 0 saturated carbocycles. The van der Waals surface area contributed by atoms with Gasteiger partial charge in [-0.1, -0.05) is 11.8 Å². The van der Waals surface area contributed by atoms with Crippen LogP contribution in [0, 0.1) is 24.7 Å². The zero-order valence-electron chi connectivity index (χ0n) is 9.65. The van der Waals surface area contributed by atoms with Crippen LogP contribution in [0.5, 0.6) is 0 Å². The summed E-state index contributed by atoms with van der Waals surface area (Å²) >= 11 is 0. The first-order valence-corrected chi connectivity index (χ1v) is 6.88. The molecule has 0 spiro atoms. The smallest absolute Gasteiger partial charge is 0.361 e. The van der Waals surface area contributed by atoms with E-state index in [9.17, 15) is 22.1 Å². The molecule has 0 heterocycles. The fraction of sp³-hybridized carbons (Fsp3) is 0.600. The summed E-state index contributed by atoms with van der Waals surface area (Å²) in [5, 5.41) is 0. The molecule has 0 aromatic rings. The van der Waals surface area contributed by atoms with Gasteiger partial charge in [-0.15, -0.1) is 26.0 Å². The van der Waals surface area contributed by atoms with Crippen molar-refractivity contribution in [2.75, 3.05) is 25.9 Å². The van der Waals surface area contributed by atoms with E-state index in [0.29, 0.717) is 0 Å². The van der Waals surface area contributed by atoms with Crippen molar-refractivity contribution in [2.24, 2.45) is 0 Å². The number of terminal acetylenes is 2. The van der Waals surface area contributed by atoms with Crippen molar-refractivity contribution in [1.29, 1.82) is 0 Å². The van der Waals surface area contributed by atoms with Crippen LogP contribution >= 0.6 is 7.14 Å². The van der Waals surface area contributed by atoms with E-state index < -0.39 is 38.9 Å². The van der Waals surface area contributed by atoms with Gasteiger partial charge in [-0.05, 0) is 0 Å². The number of halogens is 4. The minimum absolute atomic E-state index is 0.335. The van der Waals surface area contributed by atoms with Crippen LogP contribution in [0.15, 0.2) is 0 Å². The second-order valence-corrected chi connectivity index (χ2v) is 5.99. The fourth-order valence-corrected chi connectivity index (χ4v) is 2.27. The van der Waals surface area contributed by atoms with Gasteiger partial charge in [-0.3, -0.25) is 4.74 Å². The summed E-state index contributed by atoms with van der Waals surface area (Å²) in [6.07, 6.45) is -0.230. The van der Waals surface area contributed by atoms with Crippen LogP contribution in [-0.4, -0.2) is 38.4 Å². The van der Waals surface area contributed by atoms with Gasteiger partial charge in [-0.25, -0.2) is 4.39 Å². The Labute approximate surface area is 107 Å². The lowest BCUT2D eigenvalue weighted by Crippen LogP contribution is -2.21. The zero-order chi connectivity index (χ0) is 14.9. The molecule has 2 atom stereocenters. The van der Waals surface area contributed by atoms with Gasteiger partial charge in [0.25, 0.3) is 6.10 Å². The van der Waals surface area contributed by atoms with Gasteiger partial charge in [0.1, 0.15) is 25.9 Å². The molecule has 0 rings (SSSR count). The summed E-state index contributed by atoms with van der Waals surface area (Å²) in [7, 11) is -4.21. The summed E-state index contributed by atoms with van der Waals surface area (Å²) in [5.41, 5.74) is 0. The zero-order valence-corrected chi connectivity index (χ0v) is 10.5. The molecule has 0 saturated heterocycles. The molecule has 0 aliphatic carbocycles. The SMILES string of the molecule is C#CCOCP(=O)(COC(F)(F)F)C(F)OCC#C. The molecule has 2 unspecified atom stereocenters. The molecule has 0 amide bonds. The molecule has 0 N–H and O–H groups in total. The second-order valence-electron chi connectivity index (χ2n) is 3.16. The standard InChI is InChI=1S/C10H11F4O4P/c1-3-5-16-7-19(15,8-18-10(12,13)14)9(11)17-6-4-2/h1-2,9H,5-8H2. The van der Waals surface area contributed by atoms with Gasteiger partial charge < -0.3 is 14.0 Å². The lowest BCUT2D eigenvalue weighted by atomic mass is 10.8. The minimum Gasteiger partial charge on any atom is -0.361 e. The number of ether oxygens (including phenoxy) is 3. The summed E-state index contributed by atoms with van der Waals surface area (Å²) in [5.74, 6) is 3.88. The van der Waals surface area contributed by atoms with Gasteiger partial charge in [0, 0.05) is 0 Å². The average molecular weight is 302 g/mol. The van der Waals surface area contributed by atoms with Crippen LogP contribution in [-0.2, 0) is 18.8 Å². The monoisotopic (exact) mass is 302 g/mol. The van der Waals surface area contributed by atoms with E-state index in [0.717, 1.165) is 0 Å². The van der Waals surface area contributed by atoms with E-state index in [1.807, 2.05) is 11.8 Å². The molecular formula is C10H11F4O4P. The predicted molar refractivity (Wildman–Crippen MR) is 58.9 cm³/mol. The highest BCUT2D eigenvalue weighted by Gasteiger charge is 2.40. The second kappa shape index (κ2) is 8.19. The van der Waals surface area contributed by atoms with Crippen molar-refractivity contribution in [3.8, 4) is 24.7 Å². The lowest BCUT2D eigenvalue weighted by Gasteiger charge is -2.21. The minimum atomic E-state index is -5.05. The third-order valence-corrected chi connectivity index (χ3v) is 3.69. The maximum Gasteiger partial charge on any atom is 0.522 e. The molecular weight excluding hydrogens is 291 g/mol. The van der Waals surface area contributed by atoms with E-state index in [2.05, 4.69) is 14.2 Å². The average Bonchev–Trinajstić information content (AvgIpc) is 2.33. The highest BCUT2D eigenvalue weighted by atomic mass is 31.2. The van der Waals surface area contributed by atoms with Crippen LogP contribution in [0.25, 0.3) is 0 Å². The normalized spacial score (nSPS) is 16.1. The van der Waals surface area contributed by atoms with Crippen LogP contribution in [0.2, 0.25) is 0 Å². The first-order chi connectivity index (χ1) is 8.75. The molecule has 0 aromatic heterocycles. The third-order valence-electron chi connectivity index (χ3n) is 1.62. The van der Waals surface area contributed by atoms with Crippen LogP contribution in [0.3, 0.4) is 0 Å². The van der Waals surface area contributed by atoms with E-state index in [4.69, 9.17) is 12.8 Å². The Hall–Kier alpha value is -1.05. The molecule has 0 fully saturated rings. The Kier molecular flexibility index (Phi) is 7.73. The maximum atomic E-state index is 13.5. The fourth-order valence-electron chi connectivity index (χ4n) is 0.849. The van der Waals surface area contributed by atoms with E-state index in [1.165, 1.54) is 0 Å². The van der Waals surface area contributed by atoms with E-state index in [-0.39, 0.29) is 6.61 Å². The number of hydrogen-bond acceptors (Lipinski definition) is 4.